The van der Waals surface area contributed by atoms with Crippen LogP contribution in [-0.2, 0) is 9.53 Å². The second kappa shape index (κ2) is 5.09. The highest BCUT2D eigenvalue weighted by molar-refractivity contribution is 5.44. The van der Waals surface area contributed by atoms with Crippen LogP contribution >= 0.6 is 0 Å². The molecular weight excluding hydrogens is 154 g/mol. The fourth-order valence-corrected chi connectivity index (χ4v) is 0.553. The third-order valence-electron chi connectivity index (χ3n) is 1.92. The van der Waals surface area contributed by atoms with Gasteiger partial charge in [-0.3, -0.25) is 0 Å². The van der Waals surface area contributed by atoms with Crippen molar-refractivity contribution in [2.75, 3.05) is 13.2 Å². The quantitative estimate of drug-likeness (QED) is 0.491. The van der Waals surface area contributed by atoms with Gasteiger partial charge < -0.3 is 10.5 Å². The molecule has 0 amide bonds. The summed E-state index contributed by atoms with van der Waals surface area (Å²) >= 11 is 0. The summed E-state index contributed by atoms with van der Waals surface area (Å²) < 4.78 is 5.16. The van der Waals surface area contributed by atoms with E-state index in [4.69, 9.17) is 10.5 Å². The molecule has 0 aliphatic rings. The normalized spacial score (nSPS) is 13.7. The maximum Gasteiger partial charge on any atom is 0.122 e. The second-order valence-electron chi connectivity index (χ2n) is 3.58. The third-order valence-corrected chi connectivity index (χ3v) is 1.92. The van der Waals surface area contributed by atoms with Crippen molar-refractivity contribution in [2.24, 2.45) is 11.7 Å². The molecule has 0 aromatic heterocycles. The Hall–Kier alpha value is -0.630. The van der Waals surface area contributed by atoms with Gasteiger partial charge in [0, 0.05) is 11.6 Å². The summed E-state index contributed by atoms with van der Waals surface area (Å²) in [7, 11) is 0. The molecule has 0 rings (SSSR count). The topological polar surface area (TPSA) is 52.3 Å². The minimum absolute atomic E-state index is 0.231. The lowest BCUT2D eigenvalue weighted by molar-refractivity contribution is 0.102. The van der Waals surface area contributed by atoms with Gasteiger partial charge in [0.15, 0.2) is 0 Å². The average molecular weight is 171 g/mol. The Labute approximate surface area is 73.6 Å². The Bertz CT molecular complexity index is 166. The van der Waals surface area contributed by atoms with Crippen LogP contribution in [0.5, 0.6) is 0 Å². The van der Waals surface area contributed by atoms with Crippen LogP contribution < -0.4 is 5.73 Å². The maximum atomic E-state index is 9.76. The number of hydrogen-bond donors (Lipinski definition) is 1. The number of hydrogen-bond acceptors (Lipinski definition) is 3. The van der Waals surface area contributed by atoms with Crippen LogP contribution in [-0.4, -0.2) is 24.7 Å². The molecule has 3 nitrogen and oxygen atoms in total. The van der Waals surface area contributed by atoms with Crippen molar-refractivity contribution >= 4 is 5.94 Å². The van der Waals surface area contributed by atoms with Gasteiger partial charge in [0.2, 0.25) is 0 Å². The lowest BCUT2D eigenvalue weighted by Crippen LogP contribution is -2.41. The smallest absolute Gasteiger partial charge is 0.122 e. The second-order valence-corrected chi connectivity index (χ2v) is 3.58. The molecule has 12 heavy (non-hydrogen) atoms. The molecule has 1 unspecified atom stereocenters. The van der Waals surface area contributed by atoms with Crippen LogP contribution in [0.3, 0.4) is 0 Å². The van der Waals surface area contributed by atoms with Gasteiger partial charge in [-0.2, -0.15) is 0 Å². The Morgan fingerprint density at radius 1 is 1.67 bits per heavy atom. The van der Waals surface area contributed by atoms with Crippen LogP contribution in [0.15, 0.2) is 6.08 Å². The molecule has 1 atom stereocenters. The summed E-state index contributed by atoms with van der Waals surface area (Å²) in [6.45, 7) is 6.82. The molecule has 0 heterocycles. The molecule has 2 N–H and O–H groups in total. The van der Waals surface area contributed by atoms with Gasteiger partial charge in [0.1, 0.15) is 5.94 Å². The zero-order valence-electron chi connectivity index (χ0n) is 7.96. The molecule has 0 aromatic rings. The lowest BCUT2D eigenvalue weighted by atomic mass is 9.91. The van der Waals surface area contributed by atoms with Crippen molar-refractivity contribution in [3.05, 3.63) is 6.08 Å². The van der Waals surface area contributed by atoms with E-state index in [0.717, 1.165) is 0 Å². The van der Waals surface area contributed by atoms with E-state index in [1.165, 1.54) is 6.08 Å². The molecule has 0 bridgehead atoms. The minimum Gasteiger partial charge on any atom is -0.376 e. The minimum atomic E-state index is -0.231. The summed E-state index contributed by atoms with van der Waals surface area (Å²) in [6, 6.07) is 0. The Morgan fingerprint density at radius 3 is 2.67 bits per heavy atom. The summed E-state index contributed by atoms with van der Waals surface area (Å²) in [5, 5.41) is 0. The lowest BCUT2D eigenvalue weighted by Gasteiger charge is -2.26. The molecule has 0 saturated heterocycles. The highest BCUT2D eigenvalue weighted by atomic mass is 16.5. The summed E-state index contributed by atoms with van der Waals surface area (Å²) in [5.74, 6) is 1.92. The van der Waals surface area contributed by atoms with Gasteiger partial charge in [-0.25, -0.2) is 4.79 Å². The molecule has 0 saturated carbocycles. The van der Waals surface area contributed by atoms with Crippen LogP contribution in [0.2, 0.25) is 0 Å². The van der Waals surface area contributed by atoms with Crippen molar-refractivity contribution in [1.82, 2.24) is 0 Å². The van der Waals surface area contributed by atoms with E-state index in [1.807, 2.05) is 20.8 Å². The zero-order chi connectivity index (χ0) is 9.61. The van der Waals surface area contributed by atoms with Crippen LogP contribution in [0.1, 0.15) is 20.8 Å². The SMILES string of the molecule is CC(COCC=C=O)C(C)(C)N. The van der Waals surface area contributed by atoms with Crippen LogP contribution in [0.4, 0.5) is 0 Å². The van der Waals surface area contributed by atoms with E-state index in [-0.39, 0.29) is 11.5 Å². The first-order valence-electron chi connectivity index (χ1n) is 4.04. The molecule has 3 heteroatoms. The van der Waals surface area contributed by atoms with Gasteiger partial charge in [-0.05, 0) is 19.8 Å². The van der Waals surface area contributed by atoms with Crippen LogP contribution in [0.25, 0.3) is 0 Å². The van der Waals surface area contributed by atoms with Gasteiger partial charge in [0.25, 0.3) is 0 Å². The van der Waals surface area contributed by atoms with Crippen molar-refractivity contribution in [3.8, 4) is 0 Å². The molecule has 0 spiro atoms. The van der Waals surface area contributed by atoms with Gasteiger partial charge in [-0.15, -0.1) is 0 Å². The standard InChI is InChI=1S/C9H17NO2/c1-8(9(2,3)10)7-12-6-4-5-11/h4,8H,6-7,10H2,1-3H3. The highest BCUT2D eigenvalue weighted by Gasteiger charge is 2.19. The van der Waals surface area contributed by atoms with E-state index in [2.05, 4.69) is 0 Å². The summed E-state index contributed by atoms with van der Waals surface area (Å²) in [4.78, 5) is 9.76. The number of rotatable bonds is 5. The summed E-state index contributed by atoms with van der Waals surface area (Å²) in [6.07, 6.45) is 1.32. The van der Waals surface area contributed by atoms with Crippen molar-refractivity contribution in [1.29, 1.82) is 0 Å². The Morgan fingerprint density at radius 2 is 2.25 bits per heavy atom. The van der Waals surface area contributed by atoms with E-state index in [1.54, 1.807) is 5.94 Å². The maximum absolute atomic E-state index is 9.76. The zero-order valence-corrected chi connectivity index (χ0v) is 7.96. The van der Waals surface area contributed by atoms with Gasteiger partial charge >= 0.3 is 0 Å². The van der Waals surface area contributed by atoms with E-state index >= 15 is 0 Å². The van der Waals surface area contributed by atoms with E-state index in [0.29, 0.717) is 13.2 Å². The molecule has 0 aromatic carbocycles. The predicted molar refractivity (Wildman–Crippen MR) is 48.5 cm³/mol. The average Bonchev–Trinajstić information content (AvgIpc) is 1.96. The van der Waals surface area contributed by atoms with Crippen molar-refractivity contribution in [2.45, 2.75) is 26.3 Å². The molecular formula is C9H17NO2. The first kappa shape index (κ1) is 11.4. The largest absolute Gasteiger partial charge is 0.376 e. The molecule has 0 fully saturated rings. The first-order chi connectivity index (χ1) is 5.48. The van der Waals surface area contributed by atoms with E-state index in [9.17, 15) is 4.79 Å². The molecule has 0 aliphatic carbocycles. The monoisotopic (exact) mass is 171 g/mol. The molecule has 0 radical (unpaired) electrons. The van der Waals surface area contributed by atoms with Crippen molar-refractivity contribution in [3.63, 3.8) is 0 Å². The van der Waals surface area contributed by atoms with E-state index < -0.39 is 0 Å². The molecule has 0 aliphatic heterocycles. The fourth-order valence-electron chi connectivity index (χ4n) is 0.553. The predicted octanol–water partition coefficient (Wildman–Crippen LogP) is 0.764. The number of carbonyl (C=O) groups excluding carboxylic acids is 1. The number of ether oxygens (including phenoxy) is 1. The summed E-state index contributed by atoms with van der Waals surface area (Å²) in [5.41, 5.74) is 5.59. The van der Waals surface area contributed by atoms with Gasteiger partial charge in [0.05, 0.1) is 13.2 Å². The highest BCUT2D eigenvalue weighted by Crippen LogP contribution is 2.12. The third kappa shape index (κ3) is 5.08. The Kier molecular flexibility index (Phi) is 4.83. The van der Waals surface area contributed by atoms with Crippen LogP contribution in [0, 0.1) is 5.92 Å². The Balaban J connectivity index is 3.57. The fraction of sp³-hybridized carbons (Fsp3) is 0.778. The van der Waals surface area contributed by atoms with Gasteiger partial charge in [-0.1, -0.05) is 6.92 Å². The molecule has 70 valence electrons. The van der Waals surface area contributed by atoms with Crippen molar-refractivity contribution < 1.29 is 9.53 Å². The first-order valence-corrected chi connectivity index (χ1v) is 4.04. The number of nitrogens with two attached hydrogens (primary N) is 1.